The van der Waals surface area contributed by atoms with Crippen molar-refractivity contribution in [2.75, 3.05) is 13.2 Å². The van der Waals surface area contributed by atoms with Crippen LogP contribution in [0.25, 0.3) is 0 Å². The fourth-order valence-corrected chi connectivity index (χ4v) is 2.08. The van der Waals surface area contributed by atoms with E-state index in [0.717, 1.165) is 6.42 Å². The average molecular weight is 400 g/mol. The molecule has 1 amide bonds. The Kier molecular flexibility index (Phi) is 14.7. The molecule has 0 rings (SSSR count). The number of carbonyl (C=O) groups is 2. The van der Waals surface area contributed by atoms with Gasteiger partial charge in [-0.25, -0.2) is 4.79 Å². The Morgan fingerprint density at radius 1 is 1.18 bits per heavy atom. The molecule has 0 bridgehead atoms. The smallest absolute Gasteiger partial charge is 0.328 e. The van der Waals surface area contributed by atoms with Crippen LogP contribution in [0.5, 0.6) is 0 Å². The average Bonchev–Trinajstić information content (AvgIpc) is 2.65. The molecule has 0 aliphatic carbocycles. The summed E-state index contributed by atoms with van der Waals surface area (Å²) in [6.07, 6.45) is 7.87. The number of amides is 1. The highest BCUT2D eigenvalue weighted by Crippen LogP contribution is 2.38. The van der Waals surface area contributed by atoms with Crippen molar-refractivity contribution < 1.29 is 20.9 Å². The van der Waals surface area contributed by atoms with Crippen LogP contribution in [0, 0.1) is 16.7 Å². The number of carbonyl (C=O) groups excluding carboxylic acids is 2. The van der Waals surface area contributed by atoms with Gasteiger partial charge in [0.1, 0.15) is 12.6 Å². The lowest BCUT2D eigenvalue weighted by atomic mass is 9.70. The fraction of sp³-hybridized carbons (Fsp3) is 0.739. The SMILES string of the molecule is C=CC(C/C=C\C)CCC(NC(=O)CO)C(=O)OCC(C)(C)C(C)(C)C.CC.[HH]. The number of hydrogen-bond donors (Lipinski definition) is 2. The molecule has 0 spiro atoms. The summed E-state index contributed by atoms with van der Waals surface area (Å²) in [6, 6.07) is -0.765. The summed E-state index contributed by atoms with van der Waals surface area (Å²) >= 11 is 0. The van der Waals surface area contributed by atoms with Crippen molar-refractivity contribution in [2.24, 2.45) is 16.7 Å². The van der Waals surface area contributed by atoms with Gasteiger partial charge in [0.2, 0.25) is 5.91 Å². The van der Waals surface area contributed by atoms with Crippen LogP contribution in [0.4, 0.5) is 0 Å². The first-order valence-corrected chi connectivity index (χ1v) is 10.3. The Morgan fingerprint density at radius 2 is 1.75 bits per heavy atom. The van der Waals surface area contributed by atoms with Crippen molar-refractivity contribution >= 4 is 11.9 Å². The summed E-state index contributed by atoms with van der Waals surface area (Å²) in [5.74, 6) is -0.817. The van der Waals surface area contributed by atoms with Crippen LogP contribution in [0.2, 0.25) is 0 Å². The van der Waals surface area contributed by atoms with Gasteiger partial charge in [-0.1, -0.05) is 66.7 Å². The molecule has 0 saturated heterocycles. The van der Waals surface area contributed by atoms with Gasteiger partial charge >= 0.3 is 5.97 Å². The minimum atomic E-state index is -0.765. The zero-order chi connectivity index (χ0) is 22.4. The maximum atomic E-state index is 12.5. The standard InChI is InChI=1S/C21H37NO4.C2H6.H2/c1-8-10-11-16(9-2)12-13-17(22-18(24)14-23)19(25)26-15-21(6,7)20(3,4)5;1-2;/h8-10,16-17,23H,2,11-15H2,1,3-7H3,(H,22,24);1-2H3;1H/b10-8-;;. The maximum absolute atomic E-state index is 12.5. The first-order chi connectivity index (χ1) is 13.0. The number of aliphatic hydroxyl groups is 1. The number of esters is 1. The van der Waals surface area contributed by atoms with E-state index in [1.165, 1.54) is 0 Å². The Morgan fingerprint density at radius 3 is 2.18 bits per heavy atom. The third kappa shape index (κ3) is 11.3. The molecule has 2 atom stereocenters. The number of rotatable bonds is 11. The fourth-order valence-electron chi connectivity index (χ4n) is 2.08. The minimum absolute atomic E-state index is 0. The molecule has 0 saturated carbocycles. The lowest BCUT2D eigenvalue weighted by Gasteiger charge is -2.38. The third-order valence-corrected chi connectivity index (χ3v) is 5.20. The van der Waals surface area contributed by atoms with E-state index >= 15 is 0 Å². The minimum Gasteiger partial charge on any atom is -0.464 e. The molecule has 0 aliphatic rings. The van der Waals surface area contributed by atoms with Crippen molar-refractivity contribution in [2.45, 2.75) is 80.7 Å². The maximum Gasteiger partial charge on any atom is 0.328 e. The Balaban J connectivity index is -0.00000218. The molecular weight excluding hydrogens is 354 g/mol. The lowest BCUT2D eigenvalue weighted by Crippen LogP contribution is -2.45. The van der Waals surface area contributed by atoms with Crippen molar-refractivity contribution in [1.29, 1.82) is 0 Å². The number of hydrogen-bond acceptors (Lipinski definition) is 4. The number of allylic oxidation sites excluding steroid dienone is 3. The summed E-state index contributed by atoms with van der Waals surface area (Å²) in [6.45, 7) is 19.8. The number of nitrogens with one attached hydrogen (secondary N) is 1. The number of ether oxygens (including phenoxy) is 1. The lowest BCUT2D eigenvalue weighted by molar-refractivity contribution is -0.153. The molecule has 2 N–H and O–H groups in total. The summed E-state index contributed by atoms with van der Waals surface area (Å²) < 4.78 is 5.51. The van der Waals surface area contributed by atoms with Crippen LogP contribution in [-0.2, 0) is 14.3 Å². The molecule has 28 heavy (non-hydrogen) atoms. The zero-order valence-corrected chi connectivity index (χ0v) is 19.3. The molecule has 0 aromatic carbocycles. The van der Waals surface area contributed by atoms with Gasteiger partial charge in [0, 0.05) is 6.84 Å². The Bertz CT molecular complexity index is 496. The predicted molar refractivity (Wildman–Crippen MR) is 119 cm³/mol. The summed E-state index contributed by atoms with van der Waals surface area (Å²) in [5.41, 5.74) is -0.235. The van der Waals surface area contributed by atoms with Gasteiger partial charge < -0.3 is 15.2 Å². The summed E-state index contributed by atoms with van der Waals surface area (Å²) in [4.78, 5) is 24.1. The zero-order valence-electron chi connectivity index (χ0n) is 19.3. The van der Waals surface area contributed by atoms with Crippen molar-refractivity contribution in [1.82, 2.24) is 5.32 Å². The second-order valence-electron chi connectivity index (χ2n) is 8.40. The summed E-state index contributed by atoms with van der Waals surface area (Å²) in [5, 5.41) is 11.5. The topological polar surface area (TPSA) is 75.6 Å². The first-order valence-electron chi connectivity index (χ1n) is 10.3. The highest BCUT2D eigenvalue weighted by molar-refractivity contribution is 5.84. The number of aliphatic hydroxyl groups excluding tert-OH is 1. The third-order valence-electron chi connectivity index (χ3n) is 5.20. The molecule has 2 unspecified atom stereocenters. The normalized spacial score (nSPS) is 13.9. The second-order valence-corrected chi connectivity index (χ2v) is 8.40. The van der Waals surface area contributed by atoms with Gasteiger partial charge in [-0.15, -0.1) is 6.58 Å². The second kappa shape index (κ2) is 14.4. The van der Waals surface area contributed by atoms with Crippen molar-refractivity contribution in [3.8, 4) is 0 Å². The van der Waals surface area contributed by atoms with E-state index in [2.05, 4.69) is 38.7 Å². The van der Waals surface area contributed by atoms with Crippen LogP contribution in [0.1, 0.15) is 76.1 Å². The predicted octanol–water partition coefficient (Wildman–Crippen LogP) is 4.90. The van der Waals surface area contributed by atoms with Crippen LogP contribution >= 0.6 is 0 Å². The van der Waals surface area contributed by atoms with Crippen LogP contribution < -0.4 is 5.32 Å². The van der Waals surface area contributed by atoms with Crippen LogP contribution in [0.3, 0.4) is 0 Å². The van der Waals surface area contributed by atoms with Gasteiger partial charge in [0.15, 0.2) is 0 Å². The first kappa shape index (κ1) is 28.6. The Hall–Kier alpha value is -1.62. The molecule has 0 radical (unpaired) electrons. The molecule has 0 aromatic rings. The van der Waals surface area contributed by atoms with E-state index in [9.17, 15) is 9.59 Å². The van der Waals surface area contributed by atoms with Gasteiger partial charge in [-0.2, -0.15) is 0 Å². The molecule has 0 heterocycles. The monoisotopic (exact) mass is 399 g/mol. The highest BCUT2D eigenvalue weighted by atomic mass is 16.5. The van der Waals surface area contributed by atoms with E-state index in [4.69, 9.17) is 9.84 Å². The molecular formula is C23H45NO4. The highest BCUT2D eigenvalue weighted by Gasteiger charge is 2.35. The van der Waals surface area contributed by atoms with Crippen molar-refractivity contribution in [3.63, 3.8) is 0 Å². The molecule has 5 heteroatoms. The van der Waals surface area contributed by atoms with E-state index in [-0.39, 0.29) is 24.8 Å². The molecule has 0 aromatic heterocycles. The van der Waals surface area contributed by atoms with Crippen molar-refractivity contribution in [3.05, 3.63) is 24.8 Å². The van der Waals surface area contributed by atoms with Gasteiger partial charge in [0.25, 0.3) is 0 Å². The Labute approximate surface area is 174 Å². The van der Waals surface area contributed by atoms with E-state index in [0.29, 0.717) is 12.8 Å². The molecule has 5 nitrogen and oxygen atoms in total. The molecule has 166 valence electrons. The molecule has 0 aliphatic heterocycles. The largest absolute Gasteiger partial charge is 0.464 e. The van der Waals surface area contributed by atoms with E-state index < -0.39 is 24.5 Å². The van der Waals surface area contributed by atoms with E-state index in [1.54, 1.807) is 0 Å². The van der Waals surface area contributed by atoms with Gasteiger partial charge in [0.05, 0.1) is 6.61 Å². The van der Waals surface area contributed by atoms with Crippen LogP contribution in [-0.4, -0.2) is 36.2 Å². The summed E-state index contributed by atoms with van der Waals surface area (Å²) in [7, 11) is 0. The van der Waals surface area contributed by atoms with Gasteiger partial charge in [-0.05, 0) is 37.5 Å². The van der Waals surface area contributed by atoms with E-state index in [1.807, 2.05) is 46.8 Å². The quantitative estimate of drug-likeness (QED) is 0.383. The van der Waals surface area contributed by atoms with Crippen LogP contribution in [0.15, 0.2) is 24.8 Å². The molecule has 0 fully saturated rings. The van der Waals surface area contributed by atoms with Gasteiger partial charge in [-0.3, -0.25) is 4.79 Å².